The monoisotopic (exact) mass is 454 g/mol. The maximum Gasteiger partial charge on any atom is 0.416 e. The number of benzene rings is 1. The number of amides is 2. The molecule has 2 aromatic rings. The molecule has 4 N–H and O–H groups in total. The van der Waals surface area contributed by atoms with Crippen LogP contribution in [0.2, 0.25) is 0 Å². The Bertz CT molecular complexity index is 956. The zero-order valence-corrected chi connectivity index (χ0v) is 17.3. The smallest absolute Gasteiger partial charge is 0.380 e. The van der Waals surface area contributed by atoms with E-state index in [0.717, 1.165) is 12.1 Å². The molecular weight excluding hydrogens is 429 g/mol. The molecule has 1 aliphatic heterocycles. The molecule has 0 saturated carbocycles. The van der Waals surface area contributed by atoms with Gasteiger partial charge in [0.2, 0.25) is 11.8 Å². The number of rotatable bonds is 10. The second kappa shape index (κ2) is 10.6. The Morgan fingerprint density at radius 3 is 2.84 bits per heavy atom. The van der Waals surface area contributed by atoms with Gasteiger partial charge < -0.3 is 26.0 Å². The molecule has 1 aromatic carbocycles. The van der Waals surface area contributed by atoms with Crippen LogP contribution in [0.4, 0.5) is 19.0 Å². The molecule has 2 amide bonds. The number of ether oxygens (including phenoxy) is 1. The Hall–Kier alpha value is -2.99. The molecule has 32 heavy (non-hydrogen) atoms. The number of hydrogen-bond donors (Lipinski definition) is 3. The van der Waals surface area contributed by atoms with Crippen LogP contribution in [0.15, 0.2) is 24.5 Å². The summed E-state index contributed by atoms with van der Waals surface area (Å²) in [6.07, 6.45) is -2.59. The molecule has 0 unspecified atom stereocenters. The van der Waals surface area contributed by atoms with Gasteiger partial charge in [-0.1, -0.05) is 0 Å². The fourth-order valence-electron chi connectivity index (χ4n) is 3.38. The van der Waals surface area contributed by atoms with E-state index in [2.05, 4.69) is 20.6 Å². The number of likely N-dealkylation sites (tertiary alicyclic amines) is 1. The summed E-state index contributed by atoms with van der Waals surface area (Å²) >= 11 is 0. The third-order valence-corrected chi connectivity index (χ3v) is 5.01. The van der Waals surface area contributed by atoms with Gasteiger partial charge in [0.1, 0.15) is 18.2 Å². The highest BCUT2D eigenvalue weighted by Crippen LogP contribution is 2.33. The minimum Gasteiger partial charge on any atom is -0.380 e. The van der Waals surface area contributed by atoms with E-state index < -0.39 is 17.8 Å². The van der Waals surface area contributed by atoms with Crippen LogP contribution < -0.4 is 16.4 Å². The first-order valence-corrected chi connectivity index (χ1v) is 10.2. The van der Waals surface area contributed by atoms with E-state index >= 15 is 0 Å². The van der Waals surface area contributed by atoms with Crippen molar-refractivity contribution in [1.29, 1.82) is 0 Å². The average Bonchev–Trinajstić information content (AvgIpc) is 3.10. The van der Waals surface area contributed by atoms with Gasteiger partial charge in [0.25, 0.3) is 0 Å². The Morgan fingerprint density at radius 1 is 1.28 bits per heavy atom. The van der Waals surface area contributed by atoms with Crippen LogP contribution in [0.1, 0.15) is 18.4 Å². The number of halogens is 3. The Labute approximate surface area is 182 Å². The Kier molecular flexibility index (Phi) is 7.80. The van der Waals surface area contributed by atoms with E-state index in [1.165, 1.54) is 12.4 Å². The SMILES string of the molecule is NCCOCCC(=O)NCCN1CC[C@H](Nc2ncnc3ccc(C(F)(F)F)cc23)C1=O. The molecule has 0 aliphatic carbocycles. The number of carbonyl (C=O) groups is 2. The molecule has 12 heteroatoms. The lowest BCUT2D eigenvalue weighted by Crippen LogP contribution is -2.39. The van der Waals surface area contributed by atoms with Crippen molar-refractivity contribution in [3.8, 4) is 0 Å². The van der Waals surface area contributed by atoms with Gasteiger partial charge >= 0.3 is 6.18 Å². The van der Waals surface area contributed by atoms with Crippen LogP contribution in [-0.4, -0.2) is 72.1 Å². The van der Waals surface area contributed by atoms with Crippen molar-refractivity contribution in [2.75, 3.05) is 44.7 Å². The minimum absolute atomic E-state index is 0.173. The highest BCUT2D eigenvalue weighted by molar-refractivity contribution is 5.93. The summed E-state index contributed by atoms with van der Waals surface area (Å²) in [5.74, 6) is -0.215. The molecular formula is C20H25F3N6O3. The van der Waals surface area contributed by atoms with Crippen molar-refractivity contribution in [1.82, 2.24) is 20.2 Å². The molecule has 174 valence electrons. The topological polar surface area (TPSA) is 122 Å². The molecule has 1 aromatic heterocycles. The quantitative estimate of drug-likeness (QED) is 0.460. The molecule has 0 spiro atoms. The van der Waals surface area contributed by atoms with Crippen molar-refractivity contribution in [2.24, 2.45) is 5.73 Å². The van der Waals surface area contributed by atoms with Crippen molar-refractivity contribution < 1.29 is 27.5 Å². The number of carbonyl (C=O) groups excluding carboxylic acids is 2. The predicted octanol–water partition coefficient (Wildman–Crippen LogP) is 1.14. The molecule has 1 fully saturated rings. The van der Waals surface area contributed by atoms with Gasteiger partial charge in [0, 0.05) is 38.0 Å². The van der Waals surface area contributed by atoms with E-state index in [-0.39, 0.29) is 36.0 Å². The fourth-order valence-corrected chi connectivity index (χ4v) is 3.38. The van der Waals surface area contributed by atoms with Crippen LogP contribution in [0.5, 0.6) is 0 Å². The number of nitrogens with one attached hydrogen (secondary N) is 2. The molecule has 3 rings (SSSR count). The highest BCUT2D eigenvalue weighted by atomic mass is 19.4. The molecule has 2 heterocycles. The maximum absolute atomic E-state index is 13.1. The number of nitrogens with two attached hydrogens (primary N) is 1. The van der Waals surface area contributed by atoms with Gasteiger partial charge in [-0.05, 0) is 24.6 Å². The van der Waals surface area contributed by atoms with Crippen LogP contribution in [0, 0.1) is 0 Å². The summed E-state index contributed by atoms with van der Waals surface area (Å²) in [5.41, 5.74) is 4.83. The molecule has 0 bridgehead atoms. The van der Waals surface area contributed by atoms with Crippen LogP contribution in [-0.2, 0) is 20.5 Å². The van der Waals surface area contributed by atoms with Crippen molar-refractivity contribution >= 4 is 28.5 Å². The van der Waals surface area contributed by atoms with Gasteiger partial charge in [-0.3, -0.25) is 9.59 Å². The summed E-state index contributed by atoms with van der Waals surface area (Å²) in [6.45, 7) is 2.14. The second-order valence-corrected chi connectivity index (χ2v) is 7.26. The first kappa shape index (κ1) is 23.7. The first-order chi connectivity index (χ1) is 15.3. The van der Waals surface area contributed by atoms with Crippen molar-refractivity contribution in [2.45, 2.75) is 25.1 Å². The zero-order valence-electron chi connectivity index (χ0n) is 17.3. The molecule has 1 atom stereocenters. The standard InChI is InChI=1S/C20H25F3N6O3/c21-20(22,23)13-1-2-15-14(11-13)18(27-12-26-15)28-16-3-7-29(19(16)31)8-6-25-17(30)4-9-32-10-5-24/h1-2,11-12,16H,3-10,24H2,(H,25,30)(H,26,27,28)/t16-/m0/s1. The molecule has 1 aliphatic rings. The van der Waals surface area contributed by atoms with E-state index in [0.29, 0.717) is 44.7 Å². The van der Waals surface area contributed by atoms with E-state index in [1.54, 1.807) is 4.90 Å². The Balaban J connectivity index is 1.55. The minimum atomic E-state index is -4.50. The summed E-state index contributed by atoms with van der Waals surface area (Å²) in [7, 11) is 0. The van der Waals surface area contributed by atoms with Gasteiger partial charge in [-0.2, -0.15) is 13.2 Å². The third-order valence-electron chi connectivity index (χ3n) is 5.01. The lowest BCUT2D eigenvalue weighted by Gasteiger charge is -2.18. The zero-order chi connectivity index (χ0) is 23.1. The summed E-state index contributed by atoms with van der Waals surface area (Å²) in [6, 6.07) is 2.59. The predicted molar refractivity (Wildman–Crippen MR) is 111 cm³/mol. The van der Waals surface area contributed by atoms with E-state index in [9.17, 15) is 22.8 Å². The molecule has 9 nitrogen and oxygen atoms in total. The molecule has 0 radical (unpaired) electrons. The van der Waals surface area contributed by atoms with Crippen LogP contribution in [0.3, 0.4) is 0 Å². The van der Waals surface area contributed by atoms with Gasteiger partial charge in [-0.25, -0.2) is 9.97 Å². The van der Waals surface area contributed by atoms with Gasteiger partial charge in [-0.15, -0.1) is 0 Å². The average molecular weight is 454 g/mol. The largest absolute Gasteiger partial charge is 0.416 e. The molecule has 1 saturated heterocycles. The Morgan fingerprint density at radius 2 is 2.09 bits per heavy atom. The summed E-state index contributed by atoms with van der Waals surface area (Å²) in [5, 5.41) is 5.87. The lowest BCUT2D eigenvalue weighted by atomic mass is 10.1. The maximum atomic E-state index is 13.1. The van der Waals surface area contributed by atoms with Crippen LogP contribution >= 0.6 is 0 Å². The second-order valence-electron chi connectivity index (χ2n) is 7.26. The number of anilines is 1. The van der Waals surface area contributed by atoms with Crippen molar-refractivity contribution in [3.63, 3.8) is 0 Å². The highest BCUT2D eigenvalue weighted by Gasteiger charge is 2.33. The van der Waals surface area contributed by atoms with Crippen LogP contribution in [0.25, 0.3) is 10.9 Å². The van der Waals surface area contributed by atoms with Gasteiger partial charge in [0.05, 0.1) is 24.3 Å². The summed E-state index contributed by atoms with van der Waals surface area (Å²) in [4.78, 5) is 34.1. The number of hydrogen-bond acceptors (Lipinski definition) is 7. The van der Waals surface area contributed by atoms with E-state index in [1.807, 2.05) is 0 Å². The summed E-state index contributed by atoms with van der Waals surface area (Å²) < 4.78 is 44.4. The third kappa shape index (κ3) is 6.04. The van der Waals surface area contributed by atoms with E-state index in [4.69, 9.17) is 10.5 Å². The number of alkyl halides is 3. The number of nitrogens with zero attached hydrogens (tertiary/aromatic N) is 3. The first-order valence-electron chi connectivity index (χ1n) is 10.2. The van der Waals surface area contributed by atoms with Crippen molar-refractivity contribution in [3.05, 3.63) is 30.1 Å². The fraction of sp³-hybridized carbons (Fsp3) is 0.500. The van der Waals surface area contributed by atoms with Gasteiger partial charge in [0.15, 0.2) is 0 Å². The number of fused-ring (bicyclic) bond motifs is 1. The lowest BCUT2D eigenvalue weighted by molar-refractivity contribution is -0.137. The normalized spacial score (nSPS) is 16.6. The number of aromatic nitrogens is 2.